The van der Waals surface area contributed by atoms with Crippen LogP contribution in [0.2, 0.25) is 5.02 Å². The van der Waals surface area contributed by atoms with Gasteiger partial charge in [-0.2, -0.15) is 0 Å². The fraction of sp³-hybridized carbons (Fsp3) is 0. The van der Waals surface area contributed by atoms with E-state index in [1.165, 1.54) is 12.1 Å². The van der Waals surface area contributed by atoms with Crippen molar-refractivity contribution in [3.05, 3.63) is 33.2 Å². The largest absolute Gasteiger partial charge is 0.364 e. The summed E-state index contributed by atoms with van der Waals surface area (Å²) in [5.74, 6) is -0.743. The zero-order valence-electron chi connectivity index (χ0n) is 5.43. The van der Waals surface area contributed by atoms with Crippen LogP contribution in [0.1, 0.15) is 10.5 Å². The number of aromatic amines is 1. The van der Waals surface area contributed by atoms with Crippen molar-refractivity contribution in [2.45, 2.75) is 0 Å². The molecule has 0 spiro atoms. The first-order chi connectivity index (χ1) is 5.11. The van der Waals surface area contributed by atoms with E-state index in [9.17, 15) is 9.59 Å². The Bertz CT molecular complexity index is 345. The van der Waals surface area contributed by atoms with E-state index in [2.05, 4.69) is 4.98 Å². The molecule has 0 saturated heterocycles. The molecule has 1 aromatic heterocycles. The monoisotopic (exact) mass is 172 g/mol. The smallest absolute Gasteiger partial charge is 0.266 e. The Balaban J connectivity index is 3.35. The van der Waals surface area contributed by atoms with Gasteiger partial charge in [0.2, 0.25) is 5.56 Å². The van der Waals surface area contributed by atoms with E-state index in [1.54, 1.807) is 0 Å². The Hall–Kier alpha value is -1.29. The van der Waals surface area contributed by atoms with Gasteiger partial charge in [-0.15, -0.1) is 0 Å². The van der Waals surface area contributed by atoms with E-state index in [4.69, 9.17) is 17.3 Å². The Morgan fingerprint density at radius 3 is 2.64 bits per heavy atom. The normalized spacial score (nSPS) is 9.55. The predicted octanol–water partition coefficient (Wildman–Crippen LogP) is 0.127. The van der Waals surface area contributed by atoms with Crippen molar-refractivity contribution in [1.29, 1.82) is 0 Å². The van der Waals surface area contributed by atoms with Gasteiger partial charge >= 0.3 is 0 Å². The van der Waals surface area contributed by atoms with Crippen LogP contribution in [-0.4, -0.2) is 10.9 Å². The molecule has 0 fully saturated rings. The molecular weight excluding hydrogens is 168 g/mol. The lowest BCUT2D eigenvalue weighted by atomic mass is 10.3. The molecule has 0 aliphatic rings. The summed E-state index contributed by atoms with van der Waals surface area (Å²) in [6, 6.07) is 2.54. The first kappa shape index (κ1) is 7.81. The highest BCUT2D eigenvalue weighted by molar-refractivity contribution is 6.33. The first-order valence-electron chi connectivity index (χ1n) is 2.80. The molecule has 0 aliphatic carbocycles. The van der Waals surface area contributed by atoms with E-state index in [0.717, 1.165) is 0 Å². The number of carbonyl (C=O) groups excluding carboxylic acids is 1. The van der Waals surface area contributed by atoms with Gasteiger partial charge in [0.25, 0.3) is 5.91 Å². The van der Waals surface area contributed by atoms with Crippen molar-refractivity contribution in [2.75, 3.05) is 0 Å². The van der Waals surface area contributed by atoms with Crippen LogP contribution in [0.15, 0.2) is 16.9 Å². The van der Waals surface area contributed by atoms with Crippen LogP contribution in [0.4, 0.5) is 0 Å². The molecule has 5 heteroatoms. The van der Waals surface area contributed by atoms with E-state index in [0.29, 0.717) is 0 Å². The van der Waals surface area contributed by atoms with Crippen LogP contribution in [-0.2, 0) is 0 Å². The summed E-state index contributed by atoms with van der Waals surface area (Å²) >= 11 is 5.52. The van der Waals surface area contributed by atoms with Crippen molar-refractivity contribution < 1.29 is 4.79 Å². The minimum Gasteiger partial charge on any atom is -0.364 e. The second kappa shape index (κ2) is 2.75. The molecule has 0 atom stereocenters. The number of rotatable bonds is 1. The molecule has 4 nitrogen and oxygen atoms in total. The number of carbonyl (C=O) groups is 1. The Labute approximate surface area is 67.0 Å². The van der Waals surface area contributed by atoms with Gasteiger partial charge in [0.1, 0.15) is 5.69 Å². The van der Waals surface area contributed by atoms with Crippen LogP contribution in [0, 0.1) is 0 Å². The van der Waals surface area contributed by atoms with Crippen molar-refractivity contribution in [1.82, 2.24) is 4.98 Å². The Kier molecular flexibility index (Phi) is 1.96. The summed E-state index contributed by atoms with van der Waals surface area (Å²) in [4.78, 5) is 23.4. The highest BCUT2D eigenvalue weighted by Gasteiger charge is 2.05. The lowest BCUT2D eigenvalue weighted by Crippen LogP contribution is -2.18. The minimum atomic E-state index is -0.743. The zero-order valence-corrected chi connectivity index (χ0v) is 6.18. The van der Waals surface area contributed by atoms with Crippen molar-refractivity contribution in [3.8, 4) is 0 Å². The number of aromatic nitrogens is 1. The van der Waals surface area contributed by atoms with Gasteiger partial charge in [-0.3, -0.25) is 9.59 Å². The fourth-order valence-electron chi connectivity index (χ4n) is 0.636. The molecule has 1 rings (SSSR count). The molecule has 0 aromatic carbocycles. The van der Waals surface area contributed by atoms with Gasteiger partial charge in [0, 0.05) is 6.07 Å². The summed E-state index contributed by atoms with van der Waals surface area (Å²) in [5, 5.41) is 0.150. The summed E-state index contributed by atoms with van der Waals surface area (Å²) in [6.45, 7) is 0. The van der Waals surface area contributed by atoms with Gasteiger partial charge in [0.05, 0.1) is 5.02 Å². The SMILES string of the molecule is NC(=O)c1[nH]c(=O)ccc1Cl. The van der Waals surface area contributed by atoms with E-state index >= 15 is 0 Å². The molecule has 1 amide bonds. The summed E-state index contributed by atoms with van der Waals surface area (Å²) in [6.07, 6.45) is 0. The van der Waals surface area contributed by atoms with Crippen LogP contribution in [0.25, 0.3) is 0 Å². The molecule has 58 valence electrons. The molecule has 11 heavy (non-hydrogen) atoms. The summed E-state index contributed by atoms with van der Waals surface area (Å²) in [7, 11) is 0. The maximum absolute atomic E-state index is 10.6. The fourth-order valence-corrected chi connectivity index (χ4v) is 0.839. The van der Waals surface area contributed by atoms with E-state index < -0.39 is 11.5 Å². The number of H-pyrrole nitrogens is 1. The average Bonchev–Trinajstić information content (AvgIpc) is 1.94. The molecule has 1 heterocycles. The highest BCUT2D eigenvalue weighted by Crippen LogP contribution is 2.08. The van der Waals surface area contributed by atoms with Crippen LogP contribution < -0.4 is 11.3 Å². The molecule has 0 unspecified atom stereocenters. The number of hydrogen-bond acceptors (Lipinski definition) is 2. The van der Waals surface area contributed by atoms with Gasteiger partial charge in [0.15, 0.2) is 0 Å². The van der Waals surface area contributed by atoms with Crippen molar-refractivity contribution in [3.63, 3.8) is 0 Å². The molecule has 3 N–H and O–H groups in total. The topological polar surface area (TPSA) is 76.0 Å². The number of amides is 1. The third kappa shape index (κ3) is 1.59. The molecule has 0 aliphatic heterocycles. The minimum absolute atomic E-state index is 0.0563. The van der Waals surface area contributed by atoms with Crippen LogP contribution in [0.5, 0.6) is 0 Å². The number of nitrogens with two attached hydrogens (primary N) is 1. The first-order valence-corrected chi connectivity index (χ1v) is 3.17. The molecule has 0 radical (unpaired) electrons. The van der Waals surface area contributed by atoms with Crippen LogP contribution in [0.3, 0.4) is 0 Å². The third-order valence-electron chi connectivity index (χ3n) is 1.11. The number of pyridine rings is 1. The molecule has 1 aromatic rings. The Morgan fingerprint density at radius 1 is 1.55 bits per heavy atom. The average molecular weight is 173 g/mol. The number of halogens is 1. The number of nitrogens with one attached hydrogen (secondary N) is 1. The van der Waals surface area contributed by atoms with E-state index in [-0.39, 0.29) is 10.7 Å². The lowest BCUT2D eigenvalue weighted by molar-refractivity contribution is 0.0995. The maximum atomic E-state index is 10.6. The standard InChI is InChI=1S/C6H5ClN2O2/c7-3-1-2-4(10)9-5(3)6(8)11/h1-2H,(H2,8,11)(H,9,10). The highest BCUT2D eigenvalue weighted by atomic mass is 35.5. The predicted molar refractivity (Wildman–Crippen MR) is 40.6 cm³/mol. The van der Waals surface area contributed by atoms with E-state index in [1.807, 2.05) is 0 Å². The molecular formula is C6H5ClN2O2. The maximum Gasteiger partial charge on any atom is 0.266 e. The van der Waals surface area contributed by atoms with Crippen molar-refractivity contribution in [2.24, 2.45) is 5.73 Å². The van der Waals surface area contributed by atoms with Gasteiger partial charge in [-0.1, -0.05) is 11.6 Å². The lowest BCUT2D eigenvalue weighted by Gasteiger charge is -1.95. The van der Waals surface area contributed by atoms with Crippen LogP contribution >= 0.6 is 11.6 Å². The number of primary amides is 1. The third-order valence-corrected chi connectivity index (χ3v) is 1.43. The van der Waals surface area contributed by atoms with Gasteiger partial charge < -0.3 is 10.7 Å². The second-order valence-electron chi connectivity index (χ2n) is 1.91. The quantitative estimate of drug-likeness (QED) is 0.632. The molecule has 0 saturated carbocycles. The second-order valence-corrected chi connectivity index (χ2v) is 2.32. The van der Waals surface area contributed by atoms with Crippen molar-refractivity contribution >= 4 is 17.5 Å². The summed E-state index contributed by atoms with van der Waals surface area (Å²) < 4.78 is 0. The summed E-state index contributed by atoms with van der Waals surface area (Å²) in [5.41, 5.74) is 4.43. The van der Waals surface area contributed by atoms with Gasteiger partial charge in [-0.05, 0) is 6.07 Å². The Morgan fingerprint density at radius 2 is 2.18 bits per heavy atom. The molecule has 0 bridgehead atoms. The van der Waals surface area contributed by atoms with Gasteiger partial charge in [-0.25, -0.2) is 0 Å². The zero-order chi connectivity index (χ0) is 8.43. The number of hydrogen-bond donors (Lipinski definition) is 2.